The molecule has 0 heterocycles. The Hall–Kier alpha value is -0.263. The summed E-state index contributed by atoms with van der Waals surface area (Å²) in [5.74, 6) is 3.62. The molecule has 0 spiro atoms. The first-order valence-corrected chi connectivity index (χ1v) is 10.8. The van der Waals surface area contributed by atoms with Crippen LogP contribution in [-0.2, 0) is 0 Å². The zero-order valence-corrected chi connectivity index (χ0v) is 14.1. The fraction of sp³-hybridized carbons (Fsp3) is 0.875. The molecular formula is C16H30OSi. The second kappa shape index (κ2) is 5.39. The third-order valence-electron chi connectivity index (χ3n) is 3.56. The second-order valence-electron chi connectivity index (χ2n) is 8.15. The van der Waals surface area contributed by atoms with Gasteiger partial charge in [0, 0.05) is 5.92 Å². The van der Waals surface area contributed by atoms with E-state index in [1.807, 2.05) is 0 Å². The van der Waals surface area contributed by atoms with E-state index in [0.29, 0.717) is 0 Å². The maximum atomic E-state index is 10.8. The van der Waals surface area contributed by atoms with Crippen molar-refractivity contribution in [2.75, 3.05) is 0 Å². The van der Waals surface area contributed by atoms with Crippen LogP contribution in [0.4, 0.5) is 0 Å². The first-order valence-electron chi connectivity index (χ1n) is 7.27. The molecule has 0 amide bonds. The highest BCUT2D eigenvalue weighted by molar-refractivity contribution is 6.83. The molecule has 0 aromatic rings. The molecular weight excluding hydrogens is 236 g/mol. The van der Waals surface area contributed by atoms with Crippen LogP contribution in [0.25, 0.3) is 0 Å². The van der Waals surface area contributed by atoms with Crippen molar-refractivity contribution in [1.29, 1.82) is 0 Å². The maximum Gasteiger partial charge on any atom is 0.129 e. The smallest absolute Gasteiger partial charge is 0.129 e. The largest absolute Gasteiger partial charge is 0.389 e. The topological polar surface area (TPSA) is 20.2 Å². The minimum atomic E-state index is -1.35. The van der Waals surface area contributed by atoms with Crippen LogP contribution < -0.4 is 0 Å². The van der Waals surface area contributed by atoms with Gasteiger partial charge < -0.3 is 5.11 Å². The Labute approximate surface area is 114 Å². The molecule has 1 rings (SSSR count). The summed E-state index contributed by atoms with van der Waals surface area (Å²) >= 11 is 0. The first-order chi connectivity index (χ1) is 8.02. The molecule has 1 atom stereocenters. The van der Waals surface area contributed by atoms with Gasteiger partial charge in [-0.2, -0.15) is 0 Å². The molecule has 0 bridgehead atoms. The zero-order chi connectivity index (χ0) is 14.0. The molecule has 1 unspecified atom stereocenters. The maximum absolute atomic E-state index is 10.8. The van der Waals surface area contributed by atoms with Crippen molar-refractivity contribution < 1.29 is 5.11 Å². The highest BCUT2D eigenvalue weighted by Crippen LogP contribution is 2.40. The summed E-state index contributed by atoms with van der Waals surface area (Å²) in [6.45, 7) is 13.5. The lowest BCUT2D eigenvalue weighted by molar-refractivity contribution is -0.00391. The zero-order valence-electron chi connectivity index (χ0n) is 13.1. The lowest BCUT2D eigenvalue weighted by Gasteiger charge is -2.34. The van der Waals surface area contributed by atoms with Crippen LogP contribution in [-0.4, -0.2) is 18.8 Å². The van der Waals surface area contributed by atoms with Crippen LogP contribution in [0.3, 0.4) is 0 Å². The molecule has 0 aliphatic heterocycles. The third kappa shape index (κ3) is 5.16. The van der Waals surface area contributed by atoms with E-state index >= 15 is 0 Å². The second-order valence-corrected chi connectivity index (χ2v) is 12.9. The first kappa shape index (κ1) is 15.8. The van der Waals surface area contributed by atoms with Crippen molar-refractivity contribution in [3.05, 3.63) is 0 Å². The molecule has 1 nitrogen and oxygen atoms in total. The van der Waals surface area contributed by atoms with Gasteiger partial charge in [-0.05, 0) is 24.7 Å². The summed E-state index contributed by atoms with van der Waals surface area (Å²) in [4.78, 5) is 0. The van der Waals surface area contributed by atoms with Crippen LogP contribution in [0.1, 0.15) is 52.9 Å². The van der Waals surface area contributed by atoms with Gasteiger partial charge in [0.15, 0.2) is 0 Å². The highest BCUT2D eigenvalue weighted by atomic mass is 28.3. The van der Waals surface area contributed by atoms with Crippen molar-refractivity contribution in [2.45, 2.75) is 78.1 Å². The third-order valence-corrected chi connectivity index (χ3v) is 4.45. The minimum Gasteiger partial charge on any atom is -0.389 e. The molecule has 1 N–H and O–H groups in total. The quantitative estimate of drug-likeness (QED) is 0.586. The van der Waals surface area contributed by atoms with Crippen molar-refractivity contribution >= 4 is 8.07 Å². The predicted molar refractivity (Wildman–Crippen MR) is 82.1 cm³/mol. The van der Waals surface area contributed by atoms with Crippen molar-refractivity contribution in [3.8, 4) is 11.5 Å². The minimum absolute atomic E-state index is 0.159. The molecule has 1 fully saturated rings. The van der Waals surface area contributed by atoms with Crippen molar-refractivity contribution in [2.24, 2.45) is 11.3 Å². The number of aliphatic hydroxyl groups is 1. The van der Waals surface area contributed by atoms with Gasteiger partial charge in [-0.1, -0.05) is 53.3 Å². The molecule has 1 aliphatic carbocycles. The fourth-order valence-electron chi connectivity index (χ4n) is 2.63. The van der Waals surface area contributed by atoms with E-state index in [-0.39, 0.29) is 11.3 Å². The van der Waals surface area contributed by atoms with Gasteiger partial charge >= 0.3 is 0 Å². The summed E-state index contributed by atoms with van der Waals surface area (Å²) in [6.07, 6.45) is 5.20. The van der Waals surface area contributed by atoms with Gasteiger partial charge in [0.2, 0.25) is 0 Å². The van der Waals surface area contributed by atoms with Gasteiger partial charge in [0.1, 0.15) is 8.07 Å². The van der Waals surface area contributed by atoms with Gasteiger partial charge in [-0.3, -0.25) is 0 Å². The Morgan fingerprint density at radius 3 is 2.06 bits per heavy atom. The highest BCUT2D eigenvalue weighted by Gasteiger charge is 2.40. The Bertz CT molecular complexity index is 329. The van der Waals surface area contributed by atoms with Crippen molar-refractivity contribution in [3.63, 3.8) is 0 Å². The number of rotatable bonds is 2. The van der Waals surface area contributed by atoms with E-state index < -0.39 is 13.7 Å². The molecule has 0 aromatic carbocycles. The van der Waals surface area contributed by atoms with Gasteiger partial charge in [-0.25, -0.2) is 0 Å². The molecule has 18 heavy (non-hydrogen) atoms. The van der Waals surface area contributed by atoms with E-state index in [1.54, 1.807) is 0 Å². The van der Waals surface area contributed by atoms with Crippen LogP contribution in [0.15, 0.2) is 0 Å². The number of hydrogen-bond donors (Lipinski definition) is 1. The van der Waals surface area contributed by atoms with Crippen LogP contribution >= 0.6 is 0 Å². The fourth-order valence-corrected chi connectivity index (χ4v) is 3.23. The van der Waals surface area contributed by atoms with E-state index in [9.17, 15) is 5.11 Å². The van der Waals surface area contributed by atoms with Crippen LogP contribution in [0.5, 0.6) is 0 Å². The molecule has 0 aromatic heterocycles. The molecule has 1 saturated carbocycles. The normalized spacial score (nSPS) is 21.3. The Morgan fingerprint density at radius 2 is 1.67 bits per heavy atom. The molecule has 0 saturated heterocycles. The Balaban J connectivity index is 2.91. The van der Waals surface area contributed by atoms with E-state index in [1.165, 1.54) is 0 Å². The average Bonchev–Trinajstić information content (AvgIpc) is 2.57. The van der Waals surface area contributed by atoms with Gasteiger partial charge in [0.25, 0.3) is 0 Å². The standard InChI is InChI=1S/C16H30OSi/c1-15(2,3)13-14(9-12-18(4,5)6)16(17)10-7-8-11-16/h14,17H,7-8,10-11,13H2,1-6H3. The SMILES string of the molecule is CC(C)(C)CC(C#C[Si](C)(C)C)C1(O)CCCC1. The number of hydrogen-bond acceptors (Lipinski definition) is 1. The van der Waals surface area contributed by atoms with Crippen molar-refractivity contribution in [1.82, 2.24) is 0 Å². The molecule has 0 radical (unpaired) electrons. The Kier molecular flexibility index (Phi) is 4.73. The van der Waals surface area contributed by atoms with E-state index in [2.05, 4.69) is 51.9 Å². The van der Waals surface area contributed by atoms with Crippen LogP contribution in [0, 0.1) is 22.8 Å². The molecule has 2 heteroatoms. The monoisotopic (exact) mass is 266 g/mol. The van der Waals surface area contributed by atoms with E-state index in [4.69, 9.17) is 0 Å². The summed E-state index contributed by atoms with van der Waals surface area (Å²) in [5.41, 5.74) is 3.19. The predicted octanol–water partition coefficient (Wildman–Crippen LogP) is 4.22. The Morgan fingerprint density at radius 1 is 1.17 bits per heavy atom. The summed E-state index contributed by atoms with van der Waals surface area (Å²) in [7, 11) is -1.35. The summed E-state index contributed by atoms with van der Waals surface area (Å²) < 4.78 is 0. The average molecular weight is 267 g/mol. The lowest BCUT2D eigenvalue weighted by atomic mass is 9.76. The molecule has 1 aliphatic rings. The molecule has 104 valence electrons. The van der Waals surface area contributed by atoms with E-state index in [0.717, 1.165) is 32.1 Å². The lowest BCUT2D eigenvalue weighted by Crippen LogP contribution is -2.36. The van der Waals surface area contributed by atoms with Gasteiger partial charge in [0.05, 0.1) is 5.60 Å². The van der Waals surface area contributed by atoms with Gasteiger partial charge in [-0.15, -0.1) is 11.5 Å². The summed E-state index contributed by atoms with van der Waals surface area (Å²) in [6, 6.07) is 0. The summed E-state index contributed by atoms with van der Waals surface area (Å²) in [5, 5.41) is 10.8. The van der Waals surface area contributed by atoms with Crippen LogP contribution in [0.2, 0.25) is 19.6 Å².